The standard InChI is InChI=1S/C15H27NO2/c1-10(17)11-6-8-16(9-7-11)13(18)12-14(2,3)15(12,4)5/h10-12,17H,6-9H2,1-5H3. The Hall–Kier alpha value is -0.570. The highest BCUT2D eigenvalue weighted by molar-refractivity contribution is 5.84. The van der Waals surface area contributed by atoms with E-state index in [2.05, 4.69) is 27.7 Å². The second kappa shape index (κ2) is 4.22. The Labute approximate surface area is 111 Å². The summed E-state index contributed by atoms with van der Waals surface area (Å²) in [5.41, 5.74) is 0.260. The van der Waals surface area contributed by atoms with Crippen LogP contribution in [-0.2, 0) is 4.79 Å². The fourth-order valence-corrected chi connectivity index (χ4v) is 3.60. The second-order valence-corrected chi connectivity index (χ2v) is 7.28. The molecular formula is C15H27NO2. The van der Waals surface area contributed by atoms with Gasteiger partial charge in [0.25, 0.3) is 0 Å². The maximum absolute atomic E-state index is 12.5. The smallest absolute Gasteiger partial charge is 0.226 e. The van der Waals surface area contributed by atoms with E-state index in [1.165, 1.54) is 0 Å². The minimum atomic E-state index is -0.240. The number of amides is 1. The minimum absolute atomic E-state index is 0.130. The Morgan fingerprint density at radius 1 is 1.17 bits per heavy atom. The fraction of sp³-hybridized carbons (Fsp3) is 0.933. The monoisotopic (exact) mass is 253 g/mol. The van der Waals surface area contributed by atoms with Gasteiger partial charge in [-0.3, -0.25) is 4.79 Å². The summed E-state index contributed by atoms with van der Waals surface area (Å²) < 4.78 is 0. The molecule has 1 aliphatic carbocycles. The van der Waals surface area contributed by atoms with Crippen LogP contribution in [0.1, 0.15) is 47.5 Å². The summed E-state index contributed by atoms with van der Waals surface area (Å²) in [5.74, 6) is 0.872. The number of hydrogen-bond acceptors (Lipinski definition) is 2. The zero-order valence-corrected chi connectivity index (χ0v) is 12.4. The number of hydrogen-bond donors (Lipinski definition) is 1. The first-order chi connectivity index (χ1) is 8.19. The lowest BCUT2D eigenvalue weighted by Crippen LogP contribution is -2.42. The van der Waals surface area contributed by atoms with Crippen molar-refractivity contribution in [3.05, 3.63) is 0 Å². The van der Waals surface area contributed by atoms with E-state index in [0.29, 0.717) is 11.8 Å². The first-order valence-electron chi connectivity index (χ1n) is 7.16. The number of nitrogens with zero attached hydrogens (tertiary/aromatic N) is 1. The van der Waals surface area contributed by atoms with Crippen LogP contribution in [0.25, 0.3) is 0 Å². The Bertz CT molecular complexity index is 324. The molecule has 1 aliphatic heterocycles. The van der Waals surface area contributed by atoms with Gasteiger partial charge in [0.15, 0.2) is 0 Å². The van der Waals surface area contributed by atoms with Gasteiger partial charge in [-0.2, -0.15) is 0 Å². The lowest BCUT2D eigenvalue weighted by Gasteiger charge is -2.33. The SMILES string of the molecule is CC(O)C1CCN(C(=O)C2C(C)(C)C2(C)C)CC1. The quantitative estimate of drug-likeness (QED) is 0.820. The van der Waals surface area contributed by atoms with Crippen molar-refractivity contribution in [1.29, 1.82) is 0 Å². The first kappa shape index (κ1) is 13.9. The van der Waals surface area contributed by atoms with Gasteiger partial charge in [-0.1, -0.05) is 27.7 Å². The molecule has 1 unspecified atom stereocenters. The average Bonchev–Trinajstić information content (AvgIpc) is 2.69. The topological polar surface area (TPSA) is 40.5 Å². The molecule has 1 saturated carbocycles. The van der Waals surface area contributed by atoms with Crippen LogP contribution in [0.3, 0.4) is 0 Å². The summed E-state index contributed by atoms with van der Waals surface area (Å²) in [6, 6.07) is 0. The van der Waals surface area contributed by atoms with E-state index in [9.17, 15) is 9.90 Å². The number of rotatable bonds is 2. The lowest BCUT2D eigenvalue weighted by molar-refractivity contribution is -0.135. The van der Waals surface area contributed by atoms with Crippen LogP contribution in [0.5, 0.6) is 0 Å². The third-order valence-corrected chi connectivity index (χ3v) is 5.80. The van der Waals surface area contributed by atoms with Crippen molar-refractivity contribution in [1.82, 2.24) is 4.90 Å². The molecule has 0 radical (unpaired) electrons. The highest BCUT2D eigenvalue weighted by Crippen LogP contribution is 2.68. The Balaban J connectivity index is 1.94. The third-order valence-electron chi connectivity index (χ3n) is 5.80. The Morgan fingerprint density at radius 2 is 1.61 bits per heavy atom. The van der Waals surface area contributed by atoms with Crippen molar-refractivity contribution in [2.75, 3.05) is 13.1 Å². The van der Waals surface area contributed by atoms with Crippen LogP contribution in [-0.4, -0.2) is 35.1 Å². The fourth-order valence-electron chi connectivity index (χ4n) is 3.60. The largest absolute Gasteiger partial charge is 0.393 e. The molecule has 2 rings (SSSR count). The highest BCUT2D eigenvalue weighted by Gasteiger charge is 2.68. The number of likely N-dealkylation sites (tertiary alicyclic amines) is 1. The summed E-state index contributed by atoms with van der Waals surface area (Å²) in [4.78, 5) is 14.5. The molecule has 0 spiro atoms. The second-order valence-electron chi connectivity index (χ2n) is 7.28. The van der Waals surface area contributed by atoms with Gasteiger partial charge in [0.1, 0.15) is 0 Å². The molecule has 2 aliphatic rings. The number of carbonyl (C=O) groups excluding carboxylic acids is 1. The van der Waals surface area contributed by atoms with Crippen molar-refractivity contribution >= 4 is 5.91 Å². The van der Waals surface area contributed by atoms with Crippen LogP contribution in [0, 0.1) is 22.7 Å². The van der Waals surface area contributed by atoms with Crippen molar-refractivity contribution in [2.24, 2.45) is 22.7 Å². The van der Waals surface area contributed by atoms with Gasteiger partial charge in [0, 0.05) is 19.0 Å². The van der Waals surface area contributed by atoms with Crippen molar-refractivity contribution in [2.45, 2.75) is 53.6 Å². The highest BCUT2D eigenvalue weighted by atomic mass is 16.3. The third kappa shape index (κ3) is 1.97. The molecule has 2 fully saturated rings. The van der Waals surface area contributed by atoms with Gasteiger partial charge in [-0.05, 0) is 36.5 Å². The molecule has 3 nitrogen and oxygen atoms in total. The van der Waals surface area contributed by atoms with E-state index in [-0.39, 0.29) is 22.9 Å². The zero-order chi connectivity index (χ0) is 13.7. The molecule has 104 valence electrons. The Morgan fingerprint density at radius 3 is 1.94 bits per heavy atom. The predicted octanol–water partition coefficient (Wildman–Crippen LogP) is 2.29. The Kier molecular flexibility index (Phi) is 3.25. The number of aliphatic hydroxyl groups excluding tert-OH is 1. The summed E-state index contributed by atoms with van der Waals surface area (Å²) in [6.45, 7) is 12.3. The van der Waals surface area contributed by atoms with E-state index in [1.54, 1.807) is 0 Å². The summed E-state index contributed by atoms with van der Waals surface area (Å²) >= 11 is 0. The molecule has 0 aromatic carbocycles. The molecule has 0 bridgehead atoms. The molecular weight excluding hydrogens is 226 g/mol. The molecule has 0 aromatic heterocycles. The first-order valence-corrected chi connectivity index (χ1v) is 7.16. The maximum Gasteiger partial charge on any atom is 0.226 e. The molecule has 3 heteroatoms. The van der Waals surface area contributed by atoms with Crippen LogP contribution >= 0.6 is 0 Å². The van der Waals surface area contributed by atoms with E-state index in [0.717, 1.165) is 25.9 Å². The van der Waals surface area contributed by atoms with E-state index >= 15 is 0 Å². The molecule has 1 atom stereocenters. The normalized spacial score (nSPS) is 29.1. The van der Waals surface area contributed by atoms with Crippen LogP contribution < -0.4 is 0 Å². The zero-order valence-electron chi connectivity index (χ0n) is 12.4. The van der Waals surface area contributed by atoms with Gasteiger partial charge in [0.05, 0.1) is 6.10 Å². The van der Waals surface area contributed by atoms with Crippen molar-refractivity contribution in [3.8, 4) is 0 Å². The van der Waals surface area contributed by atoms with Crippen molar-refractivity contribution < 1.29 is 9.90 Å². The van der Waals surface area contributed by atoms with Gasteiger partial charge in [0.2, 0.25) is 5.91 Å². The van der Waals surface area contributed by atoms with E-state index < -0.39 is 0 Å². The maximum atomic E-state index is 12.5. The number of piperidine rings is 1. The van der Waals surface area contributed by atoms with Gasteiger partial charge in [-0.25, -0.2) is 0 Å². The molecule has 0 aromatic rings. The molecule has 18 heavy (non-hydrogen) atoms. The molecule has 1 N–H and O–H groups in total. The number of aliphatic hydroxyl groups is 1. The molecule has 1 saturated heterocycles. The average molecular weight is 253 g/mol. The van der Waals surface area contributed by atoms with Gasteiger partial charge in [-0.15, -0.1) is 0 Å². The van der Waals surface area contributed by atoms with Crippen LogP contribution in [0.2, 0.25) is 0 Å². The van der Waals surface area contributed by atoms with Gasteiger partial charge < -0.3 is 10.0 Å². The number of carbonyl (C=O) groups is 1. The van der Waals surface area contributed by atoms with Crippen LogP contribution in [0.15, 0.2) is 0 Å². The minimum Gasteiger partial charge on any atom is -0.393 e. The summed E-state index contributed by atoms with van der Waals surface area (Å²) in [5, 5.41) is 9.59. The molecule has 1 amide bonds. The van der Waals surface area contributed by atoms with Gasteiger partial charge >= 0.3 is 0 Å². The summed E-state index contributed by atoms with van der Waals surface area (Å²) in [7, 11) is 0. The van der Waals surface area contributed by atoms with Crippen molar-refractivity contribution in [3.63, 3.8) is 0 Å². The molecule has 1 heterocycles. The summed E-state index contributed by atoms with van der Waals surface area (Å²) in [6.07, 6.45) is 1.64. The predicted molar refractivity (Wildman–Crippen MR) is 72.0 cm³/mol. The van der Waals surface area contributed by atoms with E-state index in [1.807, 2.05) is 11.8 Å². The van der Waals surface area contributed by atoms with Crippen LogP contribution in [0.4, 0.5) is 0 Å². The van der Waals surface area contributed by atoms with E-state index in [4.69, 9.17) is 0 Å². The lowest BCUT2D eigenvalue weighted by atomic mass is 9.92.